The average molecular weight is 342 g/mol. The predicted molar refractivity (Wildman–Crippen MR) is 92.6 cm³/mol. The molecule has 0 fully saturated rings. The second kappa shape index (κ2) is 7.27. The van der Waals surface area contributed by atoms with Gasteiger partial charge in [-0.3, -0.25) is 0 Å². The van der Waals surface area contributed by atoms with Gasteiger partial charge in [0.05, 0.1) is 12.6 Å². The third-order valence-corrected chi connectivity index (χ3v) is 4.40. The van der Waals surface area contributed by atoms with Crippen LogP contribution in [0.3, 0.4) is 0 Å². The van der Waals surface area contributed by atoms with Gasteiger partial charge in [0.25, 0.3) is 0 Å². The van der Waals surface area contributed by atoms with Crippen LogP contribution in [0, 0.1) is 6.92 Å². The van der Waals surface area contributed by atoms with Gasteiger partial charge in [-0.25, -0.2) is 4.79 Å². The van der Waals surface area contributed by atoms with Crippen molar-refractivity contribution >= 4 is 17.4 Å². The molecule has 0 aliphatic carbocycles. The first-order valence-corrected chi connectivity index (χ1v) is 8.42. The van der Waals surface area contributed by atoms with E-state index in [1.165, 1.54) is 11.3 Å². The van der Waals surface area contributed by atoms with Crippen LogP contribution in [-0.2, 0) is 6.54 Å². The standard InChI is InChI=1S/C17H18N4O2S/c1-11-8-9-14(23-11)12(2)19-17(22)18-10-15-20-21-16(24-15)13-6-4-3-5-7-13/h3-9,12H,10H2,1-2H3,(H2,18,19,22). The lowest BCUT2D eigenvalue weighted by molar-refractivity contribution is 0.235. The zero-order valence-electron chi connectivity index (χ0n) is 13.4. The highest BCUT2D eigenvalue weighted by Gasteiger charge is 2.13. The molecule has 7 heteroatoms. The summed E-state index contributed by atoms with van der Waals surface area (Å²) >= 11 is 1.46. The number of carbonyl (C=O) groups is 1. The van der Waals surface area contributed by atoms with Crippen LogP contribution < -0.4 is 10.6 Å². The second-order valence-corrected chi connectivity index (χ2v) is 6.43. The van der Waals surface area contributed by atoms with E-state index in [-0.39, 0.29) is 12.1 Å². The maximum atomic E-state index is 12.0. The fourth-order valence-corrected chi connectivity index (χ4v) is 2.97. The topological polar surface area (TPSA) is 80.0 Å². The van der Waals surface area contributed by atoms with Gasteiger partial charge in [0, 0.05) is 5.56 Å². The van der Waals surface area contributed by atoms with E-state index in [1.54, 1.807) is 0 Å². The number of furan rings is 1. The summed E-state index contributed by atoms with van der Waals surface area (Å²) in [5.41, 5.74) is 1.02. The number of aromatic nitrogens is 2. The van der Waals surface area contributed by atoms with E-state index in [0.717, 1.165) is 27.1 Å². The predicted octanol–water partition coefficient (Wildman–Crippen LogP) is 3.67. The molecular formula is C17H18N4O2S. The lowest BCUT2D eigenvalue weighted by atomic mass is 10.2. The molecule has 6 nitrogen and oxygen atoms in total. The number of hydrogen-bond acceptors (Lipinski definition) is 5. The van der Waals surface area contributed by atoms with Crippen LogP contribution >= 0.6 is 11.3 Å². The number of aryl methyl sites for hydroxylation is 1. The van der Waals surface area contributed by atoms with Crippen molar-refractivity contribution in [2.75, 3.05) is 0 Å². The first-order chi connectivity index (χ1) is 11.6. The molecule has 2 heterocycles. The molecule has 1 unspecified atom stereocenters. The molecule has 2 aromatic heterocycles. The Kier molecular flexibility index (Phi) is 4.90. The zero-order chi connectivity index (χ0) is 16.9. The fourth-order valence-electron chi connectivity index (χ4n) is 2.18. The molecule has 0 bridgehead atoms. The van der Waals surface area contributed by atoms with Crippen LogP contribution in [0.25, 0.3) is 10.6 Å². The molecule has 3 aromatic rings. The molecule has 0 saturated heterocycles. The Hall–Kier alpha value is -2.67. The van der Waals surface area contributed by atoms with E-state index < -0.39 is 0 Å². The number of amides is 2. The summed E-state index contributed by atoms with van der Waals surface area (Å²) in [6.07, 6.45) is 0. The summed E-state index contributed by atoms with van der Waals surface area (Å²) in [7, 11) is 0. The largest absolute Gasteiger partial charge is 0.464 e. The number of benzene rings is 1. The molecule has 24 heavy (non-hydrogen) atoms. The summed E-state index contributed by atoms with van der Waals surface area (Å²) in [6, 6.07) is 13.1. The summed E-state index contributed by atoms with van der Waals surface area (Å²) in [5, 5.41) is 15.5. The minimum atomic E-state index is -0.270. The molecule has 0 aliphatic heterocycles. The summed E-state index contributed by atoms with van der Waals surface area (Å²) in [6.45, 7) is 4.08. The average Bonchev–Trinajstić information content (AvgIpc) is 3.23. The van der Waals surface area contributed by atoms with E-state index in [9.17, 15) is 4.79 Å². The molecule has 1 atom stereocenters. The minimum Gasteiger partial charge on any atom is -0.464 e. The molecule has 124 valence electrons. The third-order valence-electron chi connectivity index (χ3n) is 3.42. The first kappa shape index (κ1) is 16.2. The van der Waals surface area contributed by atoms with Crippen molar-refractivity contribution in [3.05, 3.63) is 59.0 Å². The monoisotopic (exact) mass is 342 g/mol. The van der Waals surface area contributed by atoms with Crippen molar-refractivity contribution in [3.8, 4) is 10.6 Å². The Morgan fingerprint density at radius 2 is 2.00 bits per heavy atom. The fraction of sp³-hybridized carbons (Fsp3) is 0.235. The van der Waals surface area contributed by atoms with Crippen LogP contribution in [0.4, 0.5) is 4.79 Å². The molecular weight excluding hydrogens is 324 g/mol. The van der Waals surface area contributed by atoms with Gasteiger partial charge in [-0.2, -0.15) is 0 Å². The lowest BCUT2D eigenvalue weighted by Gasteiger charge is -2.11. The summed E-state index contributed by atoms with van der Waals surface area (Å²) in [4.78, 5) is 12.0. The minimum absolute atomic E-state index is 0.201. The molecule has 0 radical (unpaired) electrons. The van der Waals surface area contributed by atoms with Crippen LogP contribution in [0.15, 0.2) is 46.9 Å². The van der Waals surface area contributed by atoms with Gasteiger partial charge in [0.2, 0.25) is 0 Å². The maximum absolute atomic E-state index is 12.0. The number of carbonyl (C=O) groups excluding carboxylic acids is 1. The van der Waals surface area contributed by atoms with Crippen LogP contribution in [0.5, 0.6) is 0 Å². The highest BCUT2D eigenvalue weighted by molar-refractivity contribution is 7.14. The highest BCUT2D eigenvalue weighted by Crippen LogP contribution is 2.22. The van der Waals surface area contributed by atoms with Gasteiger partial charge in [0.1, 0.15) is 21.5 Å². The molecule has 0 spiro atoms. The number of urea groups is 1. The number of nitrogens with one attached hydrogen (secondary N) is 2. The van der Waals surface area contributed by atoms with Crippen LogP contribution in [0.1, 0.15) is 29.5 Å². The molecule has 2 N–H and O–H groups in total. The zero-order valence-corrected chi connectivity index (χ0v) is 14.3. The van der Waals surface area contributed by atoms with Crippen LogP contribution in [0.2, 0.25) is 0 Å². The quantitative estimate of drug-likeness (QED) is 0.741. The third kappa shape index (κ3) is 3.99. The Balaban J connectivity index is 1.52. The van der Waals surface area contributed by atoms with Gasteiger partial charge in [-0.05, 0) is 26.0 Å². The Morgan fingerprint density at radius 1 is 1.21 bits per heavy atom. The van der Waals surface area contributed by atoms with Crippen molar-refractivity contribution < 1.29 is 9.21 Å². The first-order valence-electron chi connectivity index (χ1n) is 7.60. The van der Waals surface area contributed by atoms with Crippen molar-refractivity contribution in [1.82, 2.24) is 20.8 Å². The molecule has 0 saturated carbocycles. The second-order valence-electron chi connectivity index (χ2n) is 5.36. The summed E-state index contributed by atoms with van der Waals surface area (Å²) in [5.74, 6) is 1.55. The molecule has 0 aliphatic rings. The van der Waals surface area contributed by atoms with Crippen LogP contribution in [-0.4, -0.2) is 16.2 Å². The van der Waals surface area contributed by atoms with Crippen molar-refractivity contribution in [2.24, 2.45) is 0 Å². The number of rotatable bonds is 5. The van der Waals surface area contributed by atoms with Crippen molar-refractivity contribution in [1.29, 1.82) is 0 Å². The summed E-state index contributed by atoms with van der Waals surface area (Å²) < 4.78 is 5.50. The van der Waals surface area contributed by atoms with Gasteiger partial charge >= 0.3 is 6.03 Å². The Labute approximate surface area is 143 Å². The van der Waals surface area contributed by atoms with E-state index in [4.69, 9.17) is 4.42 Å². The van der Waals surface area contributed by atoms with E-state index >= 15 is 0 Å². The molecule has 2 amide bonds. The van der Waals surface area contributed by atoms with E-state index in [2.05, 4.69) is 20.8 Å². The van der Waals surface area contributed by atoms with E-state index in [1.807, 2.05) is 56.3 Å². The number of hydrogen-bond donors (Lipinski definition) is 2. The smallest absolute Gasteiger partial charge is 0.315 e. The van der Waals surface area contributed by atoms with E-state index in [0.29, 0.717) is 6.54 Å². The van der Waals surface area contributed by atoms with Gasteiger partial charge in [-0.15, -0.1) is 10.2 Å². The van der Waals surface area contributed by atoms with Gasteiger partial charge < -0.3 is 15.1 Å². The highest BCUT2D eigenvalue weighted by atomic mass is 32.1. The number of nitrogens with zero attached hydrogens (tertiary/aromatic N) is 2. The molecule has 3 rings (SSSR count). The maximum Gasteiger partial charge on any atom is 0.315 e. The van der Waals surface area contributed by atoms with Crippen molar-refractivity contribution in [2.45, 2.75) is 26.4 Å². The van der Waals surface area contributed by atoms with Crippen molar-refractivity contribution in [3.63, 3.8) is 0 Å². The Morgan fingerprint density at radius 3 is 2.71 bits per heavy atom. The molecule has 1 aromatic carbocycles. The van der Waals surface area contributed by atoms with Gasteiger partial charge in [0.15, 0.2) is 0 Å². The Bertz CT molecular complexity index is 813. The SMILES string of the molecule is Cc1ccc(C(C)NC(=O)NCc2nnc(-c3ccccc3)s2)o1. The lowest BCUT2D eigenvalue weighted by Crippen LogP contribution is -2.36. The normalized spacial score (nSPS) is 11.9. The van der Waals surface area contributed by atoms with Gasteiger partial charge in [-0.1, -0.05) is 41.7 Å².